The van der Waals surface area contributed by atoms with Crippen LogP contribution in [0.2, 0.25) is 0 Å². The molecule has 0 aromatic heterocycles. The molecule has 3 nitrogen and oxygen atoms in total. The molecule has 0 saturated heterocycles. The number of ketones is 1. The Labute approximate surface area is 83.5 Å². The molecule has 0 unspecified atom stereocenters. The van der Waals surface area contributed by atoms with E-state index in [1.54, 1.807) is 12.1 Å². The molecule has 0 amide bonds. The number of benzene rings is 1. The van der Waals surface area contributed by atoms with E-state index in [9.17, 15) is 9.59 Å². The van der Waals surface area contributed by atoms with Crippen LogP contribution >= 0.6 is 15.9 Å². The number of hydrogen-bond donors (Lipinski definition) is 1. The van der Waals surface area contributed by atoms with E-state index in [2.05, 4.69) is 15.9 Å². The van der Waals surface area contributed by atoms with Gasteiger partial charge in [-0.3, -0.25) is 4.79 Å². The SMILES string of the molecule is O=C(O)c1ccc(C(=[OH+])CBr)cc1. The van der Waals surface area contributed by atoms with Crippen LogP contribution in [0, 0.1) is 0 Å². The van der Waals surface area contributed by atoms with Gasteiger partial charge in [0.1, 0.15) is 5.33 Å². The predicted molar refractivity (Wildman–Crippen MR) is 53.2 cm³/mol. The second-order valence-corrected chi connectivity index (χ2v) is 3.02. The summed E-state index contributed by atoms with van der Waals surface area (Å²) in [6.07, 6.45) is 0. The van der Waals surface area contributed by atoms with E-state index >= 15 is 0 Å². The Bertz CT molecular complexity index is 329. The van der Waals surface area contributed by atoms with Crippen molar-refractivity contribution in [3.63, 3.8) is 0 Å². The van der Waals surface area contributed by atoms with Crippen molar-refractivity contribution < 1.29 is 14.7 Å². The number of aromatic carboxylic acids is 1. The first kappa shape index (κ1) is 9.92. The molecule has 68 valence electrons. The van der Waals surface area contributed by atoms with Gasteiger partial charge in [-0.05, 0) is 24.3 Å². The normalized spacial score (nSPS) is 9.62. The Morgan fingerprint density at radius 1 is 1.31 bits per heavy atom. The van der Waals surface area contributed by atoms with Crippen molar-refractivity contribution in [2.75, 3.05) is 5.33 Å². The molecule has 2 N–H and O–H groups in total. The molecule has 0 fully saturated rings. The third-order valence-electron chi connectivity index (χ3n) is 1.59. The second-order valence-electron chi connectivity index (χ2n) is 2.46. The number of carboxylic acid groups (broad SMARTS) is 1. The number of hydrogen-bond acceptors (Lipinski definition) is 1. The Kier molecular flexibility index (Phi) is 3.19. The summed E-state index contributed by atoms with van der Waals surface area (Å²) in [4.78, 5) is 19.8. The first-order chi connectivity index (χ1) is 6.15. The van der Waals surface area contributed by atoms with Crippen LogP contribution in [0.3, 0.4) is 0 Å². The highest BCUT2D eigenvalue weighted by Crippen LogP contribution is 2.05. The molecule has 0 atom stereocenters. The van der Waals surface area contributed by atoms with Gasteiger partial charge in [-0.1, -0.05) is 15.9 Å². The van der Waals surface area contributed by atoms with E-state index in [1.807, 2.05) is 0 Å². The minimum absolute atomic E-state index is 0.192. The van der Waals surface area contributed by atoms with Crippen molar-refractivity contribution in [3.8, 4) is 0 Å². The van der Waals surface area contributed by atoms with Crippen LogP contribution in [0.15, 0.2) is 24.3 Å². The third kappa shape index (κ3) is 2.39. The molecule has 0 spiro atoms. The van der Waals surface area contributed by atoms with Gasteiger partial charge in [-0.2, -0.15) is 0 Å². The topological polar surface area (TPSA) is 58.7 Å². The zero-order valence-electron chi connectivity index (χ0n) is 6.70. The molecular formula is C9H8BrO3+. The van der Waals surface area contributed by atoms with Crippen LogP contribution < -0.4 is 0 Å². The maximum Gasteiger partial charge on any atom is 0.335 e. The highest BCUT2D eigenvalue weighted by atomic mass is 79.9. The lowest BCUT2D eigenvalue weighted by atomic mass is 10.1. The van der Waals surface area contributed by atoms with Crippen LogP contribution in [0.5, 0.6) is 0 Å². The minimum atomic E-state index is -0.968. The Balaban J connectivity index is 2.93. The second kappa shape index (κ2) is 4.18. The summed E-state index contributed by atoms with van der Waals surface area (Å²) in [7, 11) is 0. The van der Waals surface area contributed by atoms with Gasteiger partial charge in [0.05, 0.1) is 11.1 Å². The van der Waals surface area contributed by atoms with E-state index in [4.69, 9.17) is 5.11 Å². The van der Waals surface area contributed by atoms with Gasteiger partial charge < -0.3 is 5.11 Å². The first-order valence-corrected chi connectivity index (χ1v) is 4.71. The van der Waals surface area contributed by atoms with E-state index in [0.29, 0.717) is 10.9 Å². The minimum Gasteiger partial charge on any atom is -0.478 e. The van der Waals surface area contributed by atoms with E-state index in [1.165, 1.54) is 12.1 Å². The van der Waals surface area contributed by atoms with Crippen LogP contribution in [0.25, 0.3) is 0 Å². The highest BCUT2D eigenvalue weighted by molar-refractivity contribution is 9.09. The van der Waals surface area contributed by atoms with Crippen LogP contribution in [0.1, 0.15) is 15.9 Å². The standard InChI is InChI=1S/C9H7BrO3/c10-5-8(11)6-1-3-7(4-2-6)9(12)13/h1-4H,5H2,(H,12,13)/p+1. The van der Waals surface area contributed by atoms with Crippen molar-refractivity contribution in [1.29, 1.82) is 0 Å². The number of rotatable bonds is 3. The van der Waals surface area contributed by atoms with Gasteiger partial charge in [0.2, 0.25) is 0 Å². The highest BCUT2D eigenvalue weighted by Gasteiger charge is 2.10. The summed E-state index contributed by atoms with van der Waals surface area (Å²) in [5.74, 6) is -0.776. The van der Waals surface area contributed by atoms with Crippen LogP contribution in [0.4, 0.5) is 0 Å². The van der Waals surface area contributed by atoms with E-state index in [-0.39, 0.29) is 11.3 Å². The largest absolute Gasteiger partial charge is 0.478 e. The molecule has 0 aliphatic heterocycles. The first-order valence-electron chi connectivity index (χ1n) is 3.59. The Morgan fingerprint density at radius 2 is 1.77 bits per heavy atom. The molecule has 1 rings (SSSR count). The fourth-order valence-electron chi connectivity index (χ4n) is 0.882. The summed E-state index contributed by atoms with van der Waals surface area (Å²) in [6, 6.07) is 6.05. The van der Waals surface area contributed by atoms with Crippen LogP contribution in [-0.2, 0) is 0 Å². The molecule has 1 aromatic carbocycles. The van der Waals surface area contributed by atoms with Gasteiger partial charge in [0, 0.05) is 0 Å². The summed E-state index contributed by atoms with van der Waals surface area (Å²) < 4.78 is 0. The van der Waals surface area contributed by atoms with Gasteiger partial charge in [-0.25, -0.2) is 4.79 Å². The lowest BCUT2D eigenvalue weighted by molar-refractivity contribution is 0.0697. The fraction of sp³-hybridized carbons (Fsp3) is 0.111. The van der Waals surface area contributed by atoms with E-state index < -0.39 is 5.97 Å². The van der Waals surface area contributed by atoms with Gasteiger partial charge >= 0.3 is 11.8 Å². The monoisotopic (exact) mass is 243 g/mol. The zero-order chi connectivity index (χ0) is 9.84. The van der Waals surface area contributed by atoms with Crippen molar-refractivity contribution in [2.45, 2.75) is 0 Å². The van der Waals surface area contributed by atoms with Crippen molar-refractivity contribution in [1.82, 2.24) is 0 Å². The maximum absolute atomic E-state index is 10.5. The smallest absolute Gasteiger partial charge is 0.335 e. The molecule has 1 aromatic rings. The lowest BCUT2D eigenvalue weighted by Gasteiger charge is -1.94. The van der Waals surface area contributed by atoms with Gasteiger partial charge in [0.25, 0.3) is 0 Å². The van der Waals surface area contributed by atoms with Crippen molar-refractivity contribution in [2.24, 2.45) is 0 Å². The quantitative estimate of drug-likeness (QED) is 0.499. The Hall–Kier alpha value is -1.16. The summed E-state index contributed by atoms with van der Waals surface area (Å²) in [5.41, 5.74) is 0.841. The maximum atomic E-state index is 10.5. The van der Waals surface area contributed by atoms with Gasteiger partial charge in [-0.15, -0.1) is 0 Å². The molecule has 4 heteroatoms. The molecule has 0 bridgehead atoms. The van der Waals surface area contributed by atoms with Crippen molar-refractivity contribution in [3.05, 3.63) is 35.4 Å². The van der Waals surface area contributed by atoms with Gasteiger partial charge in [0.15, 0.2) is 0 Å². The number of carbonyl (C=O) groups is 1. The van der Waals surface area contributed by atoms with E-state index in [0.717, 1.165) is 0 Å². The average molecular weight is 244 g/mol. The number of alkyl halides is 1. The van der Waals surface area contributed by atoms with Crippen molar-refractivity contribution >= 4 is 27.7 Å². The molecule has 0 aliphatic carbocycles. The molecule has 0 heterocycles. The summed E-state index contributed by atoms with van der Waals surface area (Å²) in [6.45, 7) is 0. The predicted octanol–water partition coefficient (Wildman–Crippen LogP) is 1.67. The number of carboxylic acids is 1. The average Bonchev–Trinajstić information content (AvgIpc) is 2.17. The summed E-state index contributed by atoms with van der Waals surface area (Å²) in [5, 5.41) is 8.95. The number of halogens is 1. The number of carbonyl (C=O) groups excluding carboxylic acids is 1. The zero-order valence-corrected chi connectivity index (χ0v) is 8.28. The van der Waals surface area contributed by atoms with Crippen LogP contribution in [-0.4, -0.2) is 27.0 Å². The fourth-order valence-corrected chi connectivity index (χ4v) is 1.21. The third-order valence-corrected chi connectivity index (χ3v) is 2.12. The molecular weight excluding hydrogens is 236 g/mol. The Morgan fingerprint density at radius 3 is 2.15 bits per heavy atom. The molecule has 13 heavy (non-hydrogen) atoms. The molecule has 0 radical (unpaired) electrons. The summed E-state index contributed by atoms with van der Waals surface area (Å²) >= 11 is 3.10. The molecule has 0 aliphatic rings. The lowest BCUT2D eigenvalue weighted by Crippen LogP contribution is -2.03. The molecule has 0 saturated carbocycles.